The Morgan fingerprint density at radius 2 is 2.05 bits per heavy atom. The number of carboxylic acid groups (broad SMARTS) is 1. The molecule has 2 rings (SSSR count). The van der Waals surface area contributed by atoms with Crippen LogP contribution in [0.15, 0.2) is 0 Å². The Morgan fingerprint density at radius 1 is 1.37 bits per heavy atom. The van der Waals surface area contributed by atoms with Gasteiger partial charge in [0.05, 0.1) is 24.0 Å². The molecule has 108 valence electrons. The predicted octanol–water partition coefficient (Wildman–Crippen LogP) is 1.71. The van der Waals surface area contributed by atoms with E-state index in [1.165, 1.54) is 0 Å². The lowest BCUT2D eigenvalue weighted by atomic mass is 9.90. The molecule has 5 heteroatoms. The maximum absolute atomic E-state index is 12.4. The fraction of sp³-hybridized carbons (Fsp3) is 0.857. The van der Waals surface area contributed by atoms with Crippen LogP contribution in [-0.4, -0.2) is 35.2 Å². The largest absolute Gasteiger partial charge is 0.481 e. The second-order valence-corrected chi connectivity index (χ2v) is 5.76. The lowest BCUT2D eigenvalue weighted by Crippen LogP contribution is -2.51. The van der Waals surface area contributed by atoms with E-state index in [1.807, 2.05) is 6.92 Å². The number of amides is 1. The van der Waals surface area contributed by atoms with E-state index < -0.39 is 11.5 Å². The zero-order valence-corrected chi connectivity index (χ0v) is 11.5. The van der Waals surface area contributed by atoms with Crippen LogP contribution in [0.1, 0.15) is 51.9 Å². The number of rotatable bonds is 5. The van der Waals surface area contributed by atoms with Crippen molar-refractivity contribution >= 4 is 11.9 Å². The fourth-order valence-electron chi connectivity index (χ4n) is 3.39. The molecule has 0 spiro atoms. The highest BCUT2D eigenvalue weighted by Crippen LogP contribution is 2.34. The zero-order chi connectivity index (χ0) is 13.9. The van der Waals surface area contributed by atoms with E-state index in [0.29, 0.717) is 6.61 Å². The van der Waals surface area contributed by atoms with Gasteiger partial charge in [-0.2, -0.15) is 0 Å². The molecule has 0 aromatic heterocycles. The minimum atomic E-state index is -0.836. The molecule has 19 heavy (non-hydrogen) atoms. The second kappa shape index (κ2) is 5.90. The molecule has 1 saturated heterocycles. The number of carboxylic acids is 1. The quantitative estimate of drug-likeness (QED) is 0.796. The standard InChI is InChI=1S/C14H23NO4/c1-2-11-10(5-8-19-11)13(18)15-14(9-12(16)17)6-3-4-7-14/h10-11H,2-9H2,1H3,(H,15,18)(H,16,17). The highest BCUT2D eigenvalue weighted by atomic mass is 16.5. The molecule has 5 nitrogen and oxygen atoms in total. The third-order valence-corrected chi connectivity index (χ3v) is 4.39. The fourth-order valence-corrected chi connectivity index (χ4v) is 3.39. The number of aliphatic carboxylic acids is 1. The first kappa shape index (κ1) is 14.3. The third-order valence-electron chi connectivity index (χ3n) is 4.39. The third kappa shape index (κ3) is 3.26. The van der Waals surface area contributed by atoms with Gasteiger partial charge in [0.15, 0.2) is 0 Å². The summed E-state index contributed by atoms with van der Waals surface area (Å²) in [5, 5.41) is 12.1. The van der Waals surface area contributed by atoms with Crippen molar-refractivity contribution < 1.29 is 19.4 Å². The summed E-state index contributed by atoms with van der Waals surface area (Å²) in [5.74, 6) is -0.972. The highest BCUT2D eigenvalue weighted by Gasteiger charge is 2.41. The Kier molecular flexibility index (Phi) is 4.45. The van der Waals surface area contributed by atoms with Crippen LogP contribution in [0.2, 0.25) is 0 Å². The van der Waals surface area contributed by atoms with Crippen molar-refractivity contribution in [2.24, 2.45) is 5.92 Å². The van der Waals surface area contributed by atoms with E-state index in [1.54, 1.807) is 0 Å². The van der Waals surface area contributed by atoms with Gasteiger partial charge in [-0.3, -0.25) is 9.59 Å². The van der Waals surface area contributed by atoms with Crippen molar-refractivity contribution in [2.75, 3.05) is 6.61 Å². The second-order valence-electron chi connectivity index (χ2n) is 5.76. The Labute approximate surface area is 113 Å². The molecule has 2 fully saturated rings. The van der Waals surface area contributed by atoms with Crippen LogP contribution >= 0.6 is 0 Å². The molecule has 1 amide bonds. The van der Waals surface area contributed by atoms with E-state index in [9.17, 15) is 9.59 Å². The lowest BCUT2D eigenvalue weighted by molar-refractivity contribution is -0.139. The first-order valence-corrected chi connectivity index (χ1v) is 7.22. The Bertz CT molecular complexity index is 349. The van der Waals surface area contributed by atoms with E-state index >= 15 is 0 Å². The van der Waals surface area contributed by atoms with Crippen LogP contribution in [0.3, 0.4) is 0 Å². The topological polar surface area (TPSA) is 75.6 Å². The van der Waals surface area contributed by atoms with Crippen molar-refractivity contribution in [3.8, 4) is 0 Å². The van der Waals surface area contributed by atoms with Gasteiger partial charge < -0.3 is 15.2 Å². The maximum atomic E-state index is 12.4. The lowest BCUT2D eigenvalue weighted by Gasteiger charge is -2.31. The van der Waals surface area contributed by atoms with Crippen LogP contribution in [-0.2, 0) is 14.3 Å². The number of ether oxygens (including phenoxy) is 1. The minimum absolute atomic E-state index is 0.0109. The summed E-state index contributed by atoms with van der Waals surface area (Å²) in [6.45, 7) is 2.64. The smallest absolute Gasteiger partial charge is 0.305 e. The van der Waals surface area contributed by atoms with E-state index in [2.05, 4.69) is 5.32 Å². The van der Waals surface area contributed by atoms with Crippen LogP contribution in [0.5, 0.6) is 0 Å². The summed E-state index contributed by atoms with van der Waals surface area (Å²) in [5.41, 5.74) is -0.524. The minimum Gasteiger partial charge on any atom is -0.481 e. The summed E-state index contributed by atoms with van der Waals surface area (Å²) < 4.78 is 5.54. The first-order valence-electron chi connectivity index (χ1n) is 7.22. The van der Waals surface area contributed by atoms with E-state index in [-0.39, 0.29) is 24.3 Å². The van der Waals surface area contributed by atoms with Gasteiger partial charge >= 0.3 is 5.97 Å². The van der Waals surface area contributed by atoms with Gasteiger partial charge in [-0.1, -0.05) is 19.8 Å². The maximum Gasteiger partial charge on any atom is 0.305 e. The zero-order valence-electron chi connectivity index (χ0n) is 11.5. The number of hydrogen-bond donors (Lipinski definition) is 2. The number of carbonyl (C=O) groups is 2. The first-order chi connectivity index (χ1) is 9.06. The van der Waals surface area contributed by atoms with Gasteiger partial charge in [-0.05, 0) is 25.7 Å². The van der Waals surface area contributed by atoms with Crippen molar-refractivity contribution in [1.82, 2.24) is 5.32 Å². The van der Waals surface area contributed by atoms with Crippen LogP contribution in [0, 0.1) is 5.92 Å². The Morgan fingerprint density at radius 3 is 2.63 bits per heavy atom. The van der Waals surface area contributed by atoms with Gasteiger partial charge in [0.1, 0.15) is 0 Å². The van der Waals surface area contributed by atoms with Crippen molar-refractivity contribution in [3.05, 3.63) is 0 Å². The molecule has 0 aromatic rings. The molecule has 2 unspecified atom stereocenters. The summed E-state index contributed by atoms with van der Waals surface area (Å²) in [6, 6.07) is 0. The monoisotopic (exact) mass is 269 g/mol. The van der Waals surface area contributed by atoms with Crippen LogP contribution < -0.4 is 5.32 Å². The van der Waals surface area contributed by atoms with Crippen LogP contribution in [0.25, 0.3) is 0 Å². The molecule has 1 saturated carbocycles. The van der Waals surface area contributed by atoms with Crippen molar-refractivity contribution in [2.45, 2.75) is 63.5 Å². The Hall–Kier alpha value is -1.10. The molecule has 2 aliphatic rings. The molecule has 1 aliphatic carbocycles. The molecule has 0 radical (unpaired) electrons. The number of nitrogens with one attached hydrogen (secondary N) is 1. The molecular formula is C14H23NO4. The molecule has 2 N–H and O–H groups in total. The number of hydrogen-bond acceptors (Lipinski definition) is 3. The normalized spacial score (nSPS) is 29.3. The Balaban J connectivity index is 2.01. The van der Waals surface area contributed by atoms with Crippen LogP contribution in [0.4, 0.5) is 0 Å². The highest BCUT2D eigenvalue weighted by molar-refractivity contribution is 5.81. The predicted molar refractivity (Wildman–Crippen MR) is 69.7 cm³/mol. The van der Waals surface area contributed by atoms with E-state index in [0.717, 1.165) is 38.5 Å². The summed E-state index contributed by atoms with van der Waals surface area (Å²) >= 11 is 0. The van der Waals surface area contributed by atoms with Gasteiger partial charge in [0, 0.05) is 6.61 Å². The molecule has 0 bridgehead atoms. The molecule has 2 atom stereocenters. The van der Waals surface area contributed by atoms with Crippen molar-refractivity contribution in [3.63, 3.8) is 0 Å². The molecular weight excluding hydrogens is 246 g/mol. The summed E-state index contributed by atoms with van der Waals surface area (Å²) in [7, 11) is 0. The molecule has 1 aliphatic heterocycles. The molecule has 1 heterocycles. The SMILES string of the molecule is CCC1OCCC1C(=O)NC1(CC(=O)O)CCCC1. The van der Waals surface area contributed by atoms with Gasteiger partial charge in [-0.15, -0.1) is 0 Å². The average molecular weight is 269 g/mol. The van der Waals surface area contributed by atoms with Gasteiger partial charge in [-0.25, -0.2) is 0 Å². The summed E-state index contributed by atoms with van der Waals surface area (Å²) in [6.07, 6.45) is 5.12. The molecule has 0 aromatic carbocycles. The summed E-state index contributed by atoms with van der Waals surface area (Å²) in [4.78, 5) is 23.4. The van der Waals surface area contributed by atoms with E-state index in [4.69, 9.17) is 9.84 Å². The van der Waals surface area contributed by atoms with Gasteiger partial charge in [0.25, 0.3) is 0 Å². The van der Waals surface area contributed by atoms with Crippen molar-refractivity contribution in [1.29, 1.82) is 0 Å². The average Bonchev–Trinajstić information content (AvgIpc) is 2.96. The van der Waals surface area contributed by atoms with Gasteiger partial charge in [0.2, 0.25) is 5.91 Å². The number of carbonyl (C=O) groups excluding carboxylic acids is 1.